The molecule has 100 valence electrons. The van der Waals surface area contributed by atoms with Crippen LogP contribution in [0.3, 0.4) is 0 Å². The number of hydrogen-bond acceptors (Lipinski definition) is 3. The molecule has 2 rings (SSSR count). The minimum atomic E-state index is 0.291. The van der Waals surface area contributed by atoms with E-state index in [2.05, 4.69) is 54.1 Å². The predicted octanol–water partition coefficient (Wildman–Crippen LogP) is 1.71. The number of benzene rings is 1. The maximum Gasteiger partial charge on any atom is 0.0476 e. The summed E-state index contributed by atoms with van der Waals surface area (Å²) in [5.41, 5.74) is 7.53. The molecule has 2 N–H and O–H groups in total. The van der Waals surface area contributed by atoms with Crippen molar-refractivity contribution in [1.82, 2.24) is 9.80 Å². The number of hydrogen-bond donors (Lipinski definition) is 1. The zero-order valence-corrected chi connectivity index (χ0v) is 11.5. The first-order valence-electron chi connectivity index (χ1n) is 6.93. The number of piperazine rings is 1. The van der Waals surface area contributed by atoms with E-state index in [-0.39, 0.29) is 0 Å². The highest BCUT2D eigenvalue weighted by Gasteiger charge is 2.27. The molecule has 0 aliphatic carbocycles. The Morgan fingerprint density at radius 3 is 2.67 bits per heavy atom. The summed E-state index contributed by atoms with van der Waals surface area (Å²) in [6.45, 7) is 6.52. The molecule has 3 heteroatoms. The molecule has 0 spiro atoms. The number of rotatable bonds is 4. The topological polar surface area (TPSA) is 32.5 Å². The average Bonchev–Trinajstić information content (AvgIpc) is 2.41. The lowest BCUT2D eigenvalue weighted by Gasteiger charge is -2.41. The fraction of sp³-hybridized carbons (Fsp3) is 0.600. The summed E-state index contributed by atoms with van der Waals surface area (Å²) in [6.07, 6.45) is 1.05. The monoisotopic (exact) mass is 247 g/mol. The Morgan fingerprint density at radius 1 is 1.28 bits per heavy atom. The van der Waals surface area contributed by atoms with Crippen molar-refractivity contribution in [2.75, 3.05) is 33.2 Å². The van der Waals surface area contributed by atoms with E-state index in [4.69, 9.17) is 5.73 Å². The summed E-state index contributed by atoms with van der Waals surface area (Å²) in [6, 6.07) is 11.6. The maximum atomic E-state index is 6.12. The molecule has 1 fully saturated rings. The van der Waals surface area contributed by atoms with Crippen LogP contribution < -0.4 is 5.73 Å². The van der Waals surface area contributed by atoms with Crippen LogP contribution in [0.4, 0.5) is 0 Å². The van der Waals surface area contributed by atoms with Crippen molar-refractivity contribution < 1.29 is 0 Å². The van der Waals surface area contributed by atoms with Gasteiger partial charge in [0.15, 0.2) is 0 Å². The van der Waals surface area contributed by atoms with Gasteiger partial charge < -0.3 is 10.6 Å². The molecule has 18 heavy (non-hydrogen) atoms. The van der Waals surface area contributed by atoms with Gasteiger partial charge in [-0.1, -0.05) is 37.3 Å². The van der Waals surface area contributed by atoms with E-state index in [1.807, 2.05) is 0 Å². The molecule has 1 saturated heterocycles. The van der Waals surface area contributed by atoms with Crippen LogP contribution in [0.1, 0.15) is 24.9 Å². The standard InChI is InChI=1S/C15H25N3/c1-3-14(16)11-18-10-9-17(2)12-15(18)13-7-5-4-6-8-13/h4-8,14-15H,3,9-12,16H2,1-2H3. The van der Waals surface area contributed by atoms with E-state index in [1.165, 1.54) is 5.56 Å². The van der Waals surface area contributed by atoms with Crippen molar-refractivity contribution >= 4 is 0 Å². The highest BCUT2D eigenvalue weighted by Crippen LogP contribution is 2.24. The Bertz CT molecular complexity index is 352. The third-order valence-corrected chi connectivity index (χ3v) is 3.87. The van der Waals surface area contributed by atoms with E-state index < -0.39 is 0 Å². The lowest BCUT2D eigenvalue weighted by atomic mass is 10.0. The van der Waals surface area contributed by atoms with Gasteiger partial charge in [-0.3, -0.25) is 4.90 Å². The third-order valence-electron chi connectivity index (χ3n) is 3.87. The highest BCUT2D eigenvalue weighted by molar-refractivity contribution is 5.20. The maximum absolute atomic E-state index is 6.12. The van der Waals surface area contributed by atoms with Gasteiger partial charge in [0.25, 0.3) is 0 Å². The highest BCUT2D eigenvalue weighted by atomic mass is 15.3. The lowest BCUT2D eigenvalue weighted by Crippen LogP contribution is -2.50. The molecule has 2 unspecified atom stereocenters. The first kappa shape index (κ1) is 13.5. The van der Waals surface area contributed by atoms with Crippen LogP contribution >= 0.6 is 0 Å². The molecule has 0 bridgehead atoms. The van der Waals surface area contributed by atoms with Crippen LogP contribution in [0.15, 0.2) is 30.3 Å². The van der Waals surface area contributed by atoms with Gasteiger partial charge in [0.1, 0.15) is 0 Å². The van der Waals surface area contributed by atoms with Crippen molar-refractivity contribution in [3.63, 3.8) is 0 Å². The van der Waals surface area contributed by atoms with Gasteiger partial charge in [-0.05, 0) is 19.0 Å². The molecule has 0 radical (unpaired) electrons. The molecule has 1 aromatic rings. The minimum Gasteiger partial charge on any atom is -0.327 e. The van der Waals surface area contributed by atoms with Crippen LogP contribution in [-0.4, -0.2) is 49.1 Å². The zero-order valence-electron chi connectivity index (χ0n) is 11.5. The van der Waals surface area contributed by atoms with E-state index >= 15 is 0 Å². The Morgan fingerprint density at radius 2 is 2.00 bits per heavy atom. The zero-order chi connectivity index (χ0) is 13.0. The molecule has 0 saturated carbocycles. The Balaban J connectivity index is 2.11. The molecule has 1 aliphatic heterocycles. The SMILES string of the molecule is CCC(N)CN1CCN(C)CC1c1ccccc1. The first-order valence-corrected chi connectivity index (χ1v) is 6.93. The summed E-state index contributed by atoms with van der Waals surface area (Å²) in [5, 5.41) is 0. The van der Waals surface area contributed by atoms with Gasteiger partial charge >= 0.3 is 0 Å². The molecule has 0 amide bonds. The quantitative estimate of drug-likeness (QED) is 0.879. The minimum absolute atomic E-state index is 0.291. The van der Waals surface area contributed by atoms with Gasteiger partial charge in [-0.25, -0.2) is 0 Å². The van der Waals surface area contributed by atoms with Gasteiger partial charge in [-0.2, -0.15) is 0 Å². The normalized spacial score (nSPS) is 24.1. The third kappa shape index (κ3) is 3.31. The lowest BCUT2D eigenvalue weighted by molar-refractivity contribution is 0.0840. The summed E-state index contributed by atoms with van der Waals surface area (Å²) >= 11 is 0. The van der Waals surface area contributed by atoms with Gasteiger partial charge in [0, 0.05) is 38.3 Å². The van der Waals surface area contributed by atoms with Crippen LogP contribution in [0.5, 0.6) is 0 Å². The van der Waals surface area contributed by atoms with E-state index in [0.717, 1.165) is 32.6 Å². The number of likely N-dealkylation sites (N-methyl/N-ethyl adjacent to an activating group) is 1. The Hall–Kier alpha value is -0.900. The number of nitrogens with zero attached hydrogens (tertiary/aromatic N) is 2. The fourth-order valence-electron chi connectivity index (χ4n) is 2.60. The van der Waals surface area contributed by atoms with Crippen molar-refractivity contribution in [3.05, 3.63) is 35.9 Å². The summed E-state index contributed by atoms with van der Waals surface area (Å²) in [4.78, 5) is 4.95. The van der Waals surface area contributed by atoms with Crippen molar-refractivity contribution in [3.8, 4) is 0 Å². The largest absolute Gasteiger partial charge is 0.327 e. The van der Waals surface area contributed by atoms with Crippen molar-refractivity contribution in [2.45, 2.75) is 25.4 Å². The van der Waals surface area contributed by atoms with Crippen LogP contribution in [0.2, 0.25) is 0 Å². The Kier molecular flexibility index (Phi) is 4.75. The molecule has 0 aromatic heterocycles. The molecular formula is C15H25N3. The molecule has 1 heterocycles. The average molecular weight is 247 g/mol. The van der Waals surface area contributed by atoms with Crippen LogP contribution in [0.25, 0.3) is 0 Å². The molecule has 3 nitrogen and oxygen atoms in total. The molecule has 2 atom stereocenters. The first-order chi connectivity index (χ1) is 8.70. The summed E-state index contributed by atoms with van der Waals surface area (Å²) in [7, 11) is 2.20. The second-order valence-corrected chi connectivity index (χ2v) is 5.35. The summed E-state index contributed by atoms with van der Waals surface area (Å²) in [5.74, 6) is 0. The van der Waals surface area contributed by atoms with E-state index in [1.54, 1.807) is 0 Å². The van der Waals surface area contributed by atoms with E-state index in [9.17, 15) is 0 Å². The second kappa shape index (κ2) is 6.32. The second-order valence-electron chi connectivity index (χ2n) is 5.35. The van der Waals surface area contributed by atoms with Crippen molar-refractivity contribution in [2.24, 2.45) is 5.73 Å². The Labute approximate surface area is 111 Å². The van der Waals surface area contributed by atoms with Crippen LogP contribution in [0, 0.1) is 0 Å². The van der Waals surface area contributed by atoms with Gasteiger partial charge in [0.2, 0.25) is 0 Å². The van der Waals surface area contributed by atoms with Gasteiger partial charge in [-0.15, -0.1) is 0 Å². The van der Waals surface area contributed by atoms with Gasteiger partial charge in [0.05, 0.1) is 0 Å². The summed E-state index contributed by atoms with van der Waals surface area (Å²) < 4.78 is 0. The number of nitrogens with two attached hydrogens (primary N) is 1. The fourth-order valence-corrected chi connectivity index (χ4v) is 2.60. The molecule has 1 aromatic carbocycles. The molecule has 1 aliphatic rings. The van der Waals surface area contributed by atoms with Crippen molar-refractivity contribution in [1.29, 1.82) is 0 Å². The smallest absolute Gasteiger partial charge is 0.0476 e. The van der Waals surface area contributed by atoms with E-state index in [0.29, 0.717) is 12.1 Å². The molecular weight excluding hydrogens is 222 g/mol. The van der Waals surface area contributed by atoms with Crippen LogP contribution in [-0.2, 0) is 0 Å². The predicted molar refractivity (Wildman–Crippen MR) is 76.5 cm³/mol.